The van der Waals surface area contributed by atoms with Gasteiger partial charge in [-0.25, -0.2) is 14.2 Å². The van der Waals surface area contributed by atoms with Crippen molar-refractivity contribution >= 4 is 35.0 Å². The SMILES string of the molecule is CCc1cccn(-c2ccc(NC(=O)[C@H]3C[C@@H](OC)CN3C(=O)Nc3ccc(Cl)cn3)c(F)c2)c1=O. The topological polar surface area (TPSA) is 106 Å². The van der Waals surface area contributed by atoms with E-state index in [2.05, 4.69) is 15.6 Å². The minimum absolute atomic E-state index is 0.0657. The molecule has 2 atom stereocenters. The van der Waals surface area contributed by atoms with Gasteiger partial charge in [0.2, 0.25) is 5.91 Å². The van der Waals surface area contributed by atoms with E-state index in [1.54, 1.807) is 30.5 Å². The summed E-state index contributed by atoms with van der Waals surface area (Å²) in [4.78, 5) is 43.9. The Balaban J connectivity index is 1.51. The van der Waals surface area contributed by atoms with Crippen LogP contribution in [0.1, 0.15) is 18.9 Å². The van der Waals surface area contributed by atoms with Crippen LogP contribution in [0.15, 0.2) is 59.7 Å². The van der Waals surface area contributed by atoms with Crippen LogP contribution in [-0.4, -0.2) is 52.2 Å². The van der Waals surface area contributed by atoms with E-state index in [1.807, 2.05) is 6.92 Å². The van der Waals surface area contributed by atoms with E-state index in [0.717, 1.165) is 0 Å². The number of aryl methyl sites for hydroxylation is 1. The van der Waals surface area contributed by atoms with Gasteiger partial charge in [-0.3, -0.25) is 19.5 Å². The number of ether oxygens (including phenoxy) is 1. The number of amides is 3. The van der Waals surface area contributed by atoms with Crippen molar-refractivity contribution < 1.29 is 18.7 Å². The number of hydrogen-bond donors (Lipinski definition) is 2. The molecule has 0 radical (unpaired) electrons. The molecule has 188 valence electrons. The standard InChI is InChI=1S/C25H25ClFN5O4/c1-3-15-5-4-10-31(24(15)34)17-7-8-20(19(27)11-17)29-23(33)21-12-18(36-2)14-32(21)25(35)30-22-9-6-16(26)13-28-22/h4-11,13,18,21H,3,12,14H2,1-2H3,(H,29,33)(H,28,30,35)/t18-,21-/m1/s1. The Morgan fingerprint density at radius 3 is 2.69 bits per heavy atom. The highest BCUT2D eigenvalue weighted by Crippen LogP contribution is 2.24. The second kappa shape index (κ2) is 10.9. The minimum Gasteiger partial charge on any atom is -0.380 e. The zero-order chi connectivity index (χ0) is 25.8. The Kier molecular flexibility index (Phi) is 7.66. The quantitative estimate of drug-likeness (QED) is 0.521. The van der Waals surface area contributed by atoms with Gasteiger partial charge >= 0.3 is 6.03 Å². The Hall–Kier alpha value is -3.76. The summed E-state index contributed by atoms with van der Waals surface area (Å²) in [6.45, 7) is 2.04. The van der Waals surface area contributed by atoms with Crippen LogP contribution in [0.25, 0.3) is 5.69 Å². The van der Waals surface area contributed by atoms with Crippen molar-refractivity contribution in [3.05, 3.63) is 81.6 Å². The molecule has 1 aromatic carbocycles. The molecule has 0 aliphatic carbocycles. The predicted octanol–water partition coefficient (Wildman–Crippen LogP) is 3.85. The van der Waals surface area contributed by atoms with Gasteiger partial charge in [-0.2, -0.15) is 0 Å². The number of benzene rings is 1. The summed E-state index contributed by atoms with van der Waals surface area (Å²) in [6, 6.07) is 9.23. The summed E-state index contributed by atoms with van der Waals surface area (Å²) < 4.78 is 21.7. The van der Waals surface area contributed by atoms with E-state index >= 15 is 0 Å². The van der Waals surface area contributed by atoms with Crippen molar-refractivity contribution in [2.24, 2.45) is 0 Å². The van der Waals surface area contributed by atoms with Gasteiger partial charge in [0, 0.05) is 44.1 Å². The van der Waals surface area contributed by atoms with Crippen molar-refractivity contribution in [3.8, 4) is 5.69 Å². The van der Waals surface area contributed by atoms with Crippen molar-refractivity contribution in [2.75, 3.05) is 24.3 Å². The second-order valence-corrected chi connectivity index (χ2v) is 8.71. The molecule has 0 saturated carbocycles. The Morgan fingerprint density at radius 1 is 1.22 bits per heavy atom. The number of likely N-dealkylation sites (tertiary alicyclic amines) is 1. The molecule has 1 aliphatic rings. The first-order chi connectivity index (χ1) is 17.3. The Bertz CT molecular complexity index is 1330. The van der Waals surface area contributed by atoms with E-state index in [-0.39, 0.29) is 36.1 Å². The molecule has 0 spiro atoms. The molecule has 1 fully saturated rings. The average Bonchev–Trinajstić information content (AvgIpc) is 3.32. The van der Waals surface area contributed by atoms with Crippen LogP contribution >= 0.6 is 11.6 Å². The number of halogens is 2. The maximum Gasteiger partial charge on any atom is 0.323 e. The number of pyridine rings is 2. The lowest BCUT2D eigenvalue weighted by atomic mass is 10.1. The molecule has 3 heterocycles. The number of rotatable bonds is 6. The number of carbonyl (C=O) groups excluding carboxylic acids is 2. The van der Waals surface area contributed by atoms with Gasteiger partial charge in [-0.15, -0.1) is 0 Å². The number of nitrogens with zero attached hydrogens (tertiary/aromatic N) is 3. The summed E-state index contributed by atoms with van der Waals surface area (Å²) in [6.07, 6.45) is 3.38. The van der Waals surface area contributed by atoms with Gasteiger partial charge < -0.3 is 15.0 Å². The van der Waals surface area contributed by atoms with E-state index in [1.165, 1.54) is 41.0 Å². The number of carbonyl (C=O) groups is 2. The van der Waals surface area contributed by atoms with Crippen molar-refractivity contribution in [2.45, 2.75) is 31.9 Å². The molecule has 1 aliphatic heterocycles. The van der Waals surface area contributed by atoms with Gasteiger partial charge in [0.05, 0.1) is 22.5 Å². The van der Waals surface area contributed by atoms with Gasteiger partial charge in [-0.1, -0.05) is 24.6 Å². The highest BCUT2D eigenvalue weighted by molar-refractivity contribution is 6.30. The Morgan fingerprint density at radius 2 is 2.03 bits per heavy atom. The normalized spacial score (nSPS) is 17.2. The minimum atomic E-state index is -0.898. The fraction of sp³-hybridized carbons (Fsp3) is 0.280. The number of methoxy groups -OCH3 is 1. The van der Waals surface area contributed by atoms with Crippen molar-refractivity contribution in [1.82, 2.24) is 14.5 Å². The lowest BCUT2D eigenvalue weighted by molar-refractivity contribution is -0.119. The van der Waals surface area contributed by atoms with Crippen LogP contribution in [0.4, 0.5) is 20.7 Å². The van der Waals surface area contributed by atoms with Gasteiger partial charge in [0.15, 0.2) is 0 Å². The molecule has 2 N–H and O–H groups in total. The van der Waals surface area contributed by atoms with Gasteiger partial charge in [0.25, 0.3) is 5.56 Å². The maximum atomic E-state index is 14.9. The zero-order valence-electron chi connectivity index (χ0n) is 19.7. The zero-order valence-corrected chi connectivity index (χ0v) is 20.5. The second-order valence-electron chi connectivity index (χ2n) is 8.27. The molecule has 2 aromatic heterocycles. The van der Waals surface area contributed by atoms with Gasteiger partial charge in [-0.05, 0) is 36.8 Å². The first-order valence-electron chi connectivity index (χ1n) is 11.3. The number of urea groups is 1. The number of aromatic nitrogens is 2. The van der Waals surface area contributed by atoms with Crippen LogP contribution in [0, 0.1) is 5.82 Å². The van der Waals surface area contributed by atoms with E-state index in [9.17, 15) is 18.8 Å². The van der Waals surface area contributed by atoms with Crippen LogP contribution in [0.5, 0.6) is 0 Å². The van der Waals surface area contributed by atoms with Gasteiger partial charge in [0.1, 0.15) is 17.7 Å². The molecule has 3 aromatic rings. The van der Waals surface area contributed by atoms with E-state index < -0.39 is 23.8 Å². The largest absolute Gasteiger partial charge is 0.380 e. The number of hydrogen-bond acceptors (Lipinski definition) is 5. The number of anilines is 2. The third kappa shape index (κ3) is 5.39. The summed E-state index contributed by atoms with van der Waals surface area (Å²) in [5.74, 6) is -1.00. The average molecular weight is 514 g/mol. The smallest absolute Gasteiger partial charge is 0.323 e. The van der Waals surface area contributed by atoms with Crippen LogP contribution in [0.3, 0.4) is 0 Å². The van der Waals surface area contributed by atoms with Crippen LogP contribution < -0.4 is 16.2 Å². The molecule has 3 amide bonds. The maximum absolute atomic E-state index is 14.9. The molecule has 9 nitrogen and oxygen atoms in total. The van der Waals surface area contributed by atoms with Crippen LogP contribution in [0.2, 0.25) is 5.02 Å². The fourth-order valence-electron chi connectivity index (χ4n) is 4.05. The molecule has 4 rings (SSSR count). The molecule has 11 heteroatoms. The molecular formula is C25H25ClFN5O4. The lowest BCUT2D eigenvalue weighted by Gasteiger charge is -2.24. The van der Waals surface area contributed by atoms with E-state index in [4.69, 9.17) is 16.3 Å². The third-order valence-corrected chi connectivity index (χ3v) is 6.24. The van der Waals surface area contributed by atoms with Crippen molar-refractivity contribution in [1.29, 1.82) is 0 Å². The lowest BCUT2D eigenvalue weighted by Crippen LogP contribution is -2.45. The third-order valence-electron chi connectivity index (χ3n) is 6.02. The first-order valence-corrected chi connectivity index (χ1v) is 11.7. The summed E-state index contributed by atoms with van der Waals surface area (Å²) >= 11 is 5.83. The monoisotopic (exact) mass is 513 g/mol. The van der Waals surface area contributed by atoms with Crippen molar-refractivity contribution in [3.63, 3.8) is 0 Å². The summed E-state index contributed by atoms with van der Waals surface area (Å²) in [5.41, 5.74) is 0.646. The number of nitrogens with one attached hydrogen (secondary N) is 2. The fourth-order valence-corrected chi connectivity index (χ4v) is 4.17. The van der Waals surface area contributed by atoms with E-state index in [0.29, 0.717) is 22.7 Å². The molecule has 0 bridgehead atoms. The molecule has 1 saturated heterocycles. The highest BCUT2D eigenvalue weighted by atomic mass is 35.5. The summed E-state index contributed by atoms with van der Waals surface area (Å²) in [7, 11) is 1.50. The molecule has 0 unspecified atom stereocenters. The highest BCUT2D eigenvalue weighted by Gasteiger charge is 2.40. The first kappa shape index (κ1) is 25.3. The Labute approximate surface area is 211 Å². The molecule has 36 heavy (non-hydrogen) atoms. The summed E-state index contributed by atoms with van der Waals surface area (Å²) in [5, 5.41) is 5.61. The molecular weight excluding hydrogens is 489 g/mol. The van der Waals surface area contributed by atoms with Crippen LogP contribution in [-0.2, 0) is 16.0 Å². The predicted molar refractivity (Wildman–Crippen MR) is 134 cm³/mol.